The lowest BCUT2D eigenvalue weighted by Crippen LogP contribution is -2.03. The molecule has 254 valence electrons. The molecular formula is C36H32N6O6S2. The molecular weight excluding hydrogens is 677 g/mol. The lowest BCUT2D eigenvalue weighted by molar-refractivity contribution is 0.481. The number of nitrogen functional groups attached to an aromatic ring is 2. The van der Waals surface area contributed by atoms with E-state index in [1.807, 2.05) is 50.2 Å². The third kappa shape index (κ3) is 6.69. The van der Waals surface area contributed by atoms with E-state index in [2.05, 4.69) is 20.5 Å². The van der Waals surface area contributed by atoms with Gasteiger partial charge in [0.1, 0.15) is 9.79 Å². The van der Waals surface area contributed by atoms with E-state index in [-0.39, 0.29) is 22.7 Å². The van der Waals surface area contributed by atoms with E-state index in [1.54, 1.807) is 48.5 Å². The molecule has 50 heavy (non-hydrogen) atoms. The summed E-state index contributed by atoms with van der Waals surface area (Å²) in [6.07, 6.45) is 1.36. The van der Waals surface area contributed by atoms with Crippen molar-refractivity contribution >= 4 is 75.9 Å². The number of rotatable bonds is 9. The maximum absolute atomic E-state index is 12.0. The molecule has 0 bridgehead atoms. The number of anilines is 2. The molecule has 0 aromatic heterocycles. The van der Waals surface area contributed by atoms with E-state index in [4.69, 9.17) is 11.5 Å². The molecule has 14 heteroatoms. The van der Waals surface area contributed by atoms with Gasteiger partial charge < -0.3 is 11.5 Å². The molecule has 6 N–H and O–H groups in total. The average Bonchev–Trinajstić information content (AvgIpc) is 3.10. The number of azo groups is 2. The number of aryl methyl sites for hydroxylation is 2. The van der Waals surface area contributed by atoms with E-state index >= 15 is 0 Å². The average molecular weight is 709 g/mol. The summed E-state index contributed by atoms with van der Waals surface area (Å²) in [5, 5.41) is 19.5. The van der Waals surface area contributed by atoms with Crippen LogP contribution in [0.4, 0.5) is 34.1 Å². The van der Waals surface area contributed by atoms with E-state index < -0.39 is 30.0 Å². The van der Waals surface area contributed by atoms with Crippen molar-refractivity contribution in [1.82, 2.24) is 0 Å². The van der Waals surface area contributed by atoms with Crippen molar-refractivity contribution in [1.29, 1.82) is 0 Å². The highest BCUT2D eigenvalue weighted by Gasteiger charge is 2.20. The molecule has 0 unspecified atom stereocenters. The number of benzene rings is 6. The van der Waals surface area contributed by atoms with Crippen LogP contribution >= 0.6 is 0 Å². The Kier molecular flexibility index (Phi) is 9.20. The van der Waals surface area contributed by atoms with Gasteiger partial charge in [0.15, 0.2) is 0 Å². The third-order valence-corrected chi connectivity index (χ3v) is 10.2. The molecule has 0 heterocycles. The molecule has 0 aliphatic carbocycles. The molecule has 0 saturated carbocycles. The minimum absolute atomic E-state index is 0.0658. The zero-order chi connectivity index (χ0) is 35.8. The lowest BCUT2D eigenvalue weighted by atomic mass is 9.92. The van der Waals surface area contributed by atoms with Crippen molar-refractivity contribution in [3.63, 3.8) is 0 Å². The van der Waals surface area contributed by atoms with E-state index in [0.29, 0.717) is 45.8 Å². The van der Waals surface area contributed by atoms with Crippen LogP contribution in [-0.4, -0.2) is 25.9 Å². The zero-order valence-electron chi connectivity index (χ0n) is 26.9. The first-order chi connectivity index (χ1) is 23.8. The molecule has 0 atom stereocenters. The van der Waals surface area contributed by atoms with Gasteiger partial charge in [0.05, 0.1) is 34.1 Å². The fraction of sp³-hybridized carbons (Fsp3) is 0.111. The first-order valence-electron chi connectivity index (χ1n) is 15.5. The molecule has 0 aliphatic rings. The minimum Gasteiger partial charge on any atom is -0.397 e. The van der Waals surface area contributed by atoms with Gasteiger partial charge in [0, 0.05) is 21.5 Å². The van der Waals surface area contributed by atoms with Crippen LogP contribution in [0.5, 0.6) is 0 Å². The van der Waals surface area contributed by atoms with Crippen LogP contribution in [0.1, 0.15) is 25.0 Å². The summed E-state index contributed by atoms with van der Waals surface area (Å²) in [5.41, 5.74) is 17.5. The van der Waals surface area contributed by atoms with Gasteiger partial charge in [-0.2, -0.15) is 27.1 Å². The summed E-state index contributed by atoms with van der Waals surface area (Å²) >= 11 is 0. The smallest absolute Gasteiger partial charge is 0.296 e. The largest absolute Gasteiger partial charge is 0.397 e. The fourth-order valence-electron chi connectivity index (χ4n) is 5.92. The molecule has 0 aliphatic heterocycles. The standard InChI is InChI=1S/C36H32N6O6S2/c1-3-21-17-23(39-41-31-19-33(49(43,44)45)35(37)29-11-7-5-9-27(29)31)13-15-25(21)26-16-14-24(18-22(26)4-2)40-42-32-20-34(50(46,47)48)36(38)30-12-8-6-10-28(30)32/h5-20H,3-4,37-38H2,1-2H3,(H,43,44,45)(H,46,47,48)/b41-39+,42-40+. The van der Waals surface area contributed by atoms with Crippen molar-refractivity contribution in [2.24, 2.45) is 20.5 Å². The maximum atomic E-state index is 12.0. The van der Waals surface area contributed by atoms with Crippen molar-refractivity contribution in [2.45, 2.75) is 36.5 Å². The predicted octanol–water partition coefficient (Wildman–Crippen LogP) is 9.27. The second-order valence-corrected chi connectivity index (χ2v) is 14.2. The molecule has 0 radical (unpaired) electrons. The molecule has 12 nitrogen and oxygen atoms in total. The quantitative estimate of drug-likeness (QED) is 0.0644. The van der Waals surface area contributed by atoms with Gasteiger partial charge in [0.2, 0.25) is 0 Å². The van der Waals surface area contributed by atoms with Crippen LogP contribution in [0, 0.1) is 0 Å². The zero-order valence-corrected chi connectivity index (χ0v) is 28.6. The second-order valence-electron chi connectivity index (χ2n) is 11.4. The highest BCUT2D eigenvalue weighted by molar-refractivity contribution is 7.86. The Bertz CT molecular complexity index is 2420. The topological polar surface area (TPSA) is 210 Å². The van der Waals surface area contributed by atoms with Gasteiger partial charge in [-0.3, -0.25) is 9.11 Å². The summed E-state index contributed by atoms with van der Waals surface area (Å²) in [6, 6.07) is 27.5. The Labute approximate surface area is 288 Å². The van der Waals surface area contributed by atoms with Crippen LogP contribution < -0.4 is 11.5 Å². The summed E-state index contributed by atoms with van der Waals surface area (Å²) in [6.45, 7) is 4.05. The number of nitrogens with two attached hydrogens (primary N) is 2. The molecule has 0 amide bonds. The van der Waals surface area contributed by atoms with Crippen molar-refractivity contribution < 1.29 is 25.9 Å². The number of nitrogens with zero attached hydrogens (tertiary/aromatic N) is 4. The Morgan fingerprint density at radius 3 is 1.22 bits per heavy atom. The summed E-state index contributed by atoms with van der Waals surface area (Å²) < 4.78 is 67.6. The maximum Gasteiger partial charge on any atom is 0.296 e. The predicted molar refractivity (Wildman–Crippen MR) is 195 cm³/mol. The van der Waals surface area contributed by atoms with Gasteiger partial charge in [-0.25, -0.2) is 0 Å². The van der Waals surface area contributed by atoms with Crippen LogP contribution in [-0.2, 0) is 33.1 Å². The SMILES string of the molecule is CCc1cc(/N=N/c2cc(S(=O)(=O)O)c(N)c3ccccc23)ccc1-c1ccc(/N=N/c2cc(S(=O)(=O)O)c(N)c3ccccc23)cc1CC. The molecule has 0 spiro atoms. The van der Waals surface area contributed by atoms with Crippen LogP contribution in [0.3, 0.4) is 0 Å². The van der Waals surface area contributed by atoms with Crippen LogP contribution in [0.15, 0.2) is 127 Å². The fourth-order valence-corrected chi connectivity index (χ4v) is 7.22. The normalized spacial score (nSPS) is 12.5. The van der Waals surface area contributed by atoms with Crippen LogP contribution in [0.25, 0.3) is 32.7 Å². The minimum atomic E-state index is -4.60. The molecule has 0 fully saturated rings. The lowest BCUT2D eigenvalue weighted by Gasteiger charge is -2.14. The van der Waals surface area contributed by atoms with Crippen molar-refractivity contribution in [3.8, 4) is 11.1 Å². The van der Waals surface area contributed by atoms with Gasteiger partial charge in [-0.15, -0.1) is 10.2 Å². The molecule has 6 rings (SSSR count). The highest BCUT2D eigenvalue weighted by atomic mass is 32.2. The molecule has 6 aromatic carbocycles. The second kappa shape index (κ2) is 13.4. The number of hydrogen-bond acceptors (Lipinski definition) is 10. The summed E-state index contributed by atoms with van der Waals surface area (Å²) in [5.74, 6) is 0. The van der Waals surface area contributed by atoms with Gasteiger partial charge in [-0.1, -0.05) is 74.5 Å². The van der Waals surface area contributed by atoms with E-state index in [0.717, 1.165) is 22.3 Å². The van der Waals surface area contributed by atoms with Gasteiger partial charge in [0.25, 0.3) is 20.2 Å². The van der Waals surface area contributed by atoms with Crippen molar-refractivity contribution in [2.75, 3.05) is 11.5 Å². The van der Waals surface area contributed by atoms with Crippen LogP contribution in [0.2, 0.25) is 0 Å². The van der Waals surface area contributed by atoms with Gasteiger partial charge >= 0.3 is 0 Å². The Hall–Kier alpha value is -5.54. The Morgan fingerprint density at radius 2 is 0.880 bits per heavy atom. The Morgan fingerprint density at radius 1 is 0.520 bits per heavy atom. The van der Waals surface area contributed by atoms with Gasteiger partial charge in [-0.05, 0) is 71.5 Å². The third-order valence-electron chi connectivity index (χ3n) is 8.38. The molecule has 6 aromatic rings. The molecule has 0 saturated heterocycles. The number of hydrogen-bond donors (Lipinski definition) is 4. The highest BCUT2D eigenvalue weighted by Crippen LogP contribution is 2.39. The first-order valence-corrected chi connectivity index (χ1v) is 18.3. The monoisotopic (exact) mass is 708 g/mol. The number of fused-ring (bicyclic) bond motifs is 2. The summed E-state index contributed by atoms with van der Waals surface area (Å²) in [7, 11) is -9.20. The summed E-state index contributed by atoms with van der Waals surface area (Å²) in [4.78, 5) is -0.871. The Balaban J connectivity index is 1.34. The van der Waals surface area contributed by atoms with E-state index in [9.17, 15) is 25.9 Å². The van der Waals surface area contributed by atoms with Crippen molar-refractivity contribution in [3.05, 3.63) is 108 Å². The first kappa shape index (κ1) is 34.3. The van der Waals surface area contributed by atoms with E-state index in [1.165, 1.54) is 12.1 Å².